The first kappa shape index (κ1) is 16.3. The van der Waals surface area contributed by atoms with E-state index in [0.29, 0.717) is 23.0 Å². The van der Waals surface area contributed by atoms with Crippen LogP contribution in [0, 0.1) is 5.41 Å². The van der Waals surface area contributed by atoms with Crippen molar-refractivity contribution in [1.82, 2.24) is 5.32 Å². The van der Waals surface area contributed by atoms with Crippen LogP contribution in [0.15, 0.2) is 24.3 Å². The average Bonchev–Trinajstić information content (AvgIpc) is 2.39. The maximum absolute atomic E-state index is 11.7. The molecular formula is C17H25ClN2O. The second-order valence-electron chi connectivity index (χ2n) is 6.87. The molecule has 0 aromatic heterocycles. The molecule has 116 valence electrons. The summed E-state index contributed by atoms with van der Waals surface area (Å²) in [4.78, 5) is 11.7. The molecule has 21 heavy (non-hydrogen) atoms. The van der Waals surface area contributed by atoms with Crippen molar-refractivity contribution in [2.45, 2.75) is 51.5 Å². The molecule has 1 saturated carbocycles. The molecule has 3 nitrogen and oxygen atoms in total. The summed E-state index contributed by atoms with van der Waals surface area (Å²) in [6.07, 6.45) is 4.85. The lowest BCUT2D eigenvalue weighted by molar-refractivity contribution is -0.119. The quantitative estimate of drug-likeness (QED) is 0.875. The topological polar surface area (TPSA) is 55.1 Å². The fourth-order valence-electron chi connectivity index (χ4n) is 3.23. The Morgan fingerprint density at radius 2 is 2.10 bits per heavy atom. The molecule has 0 bridgehead atoms. The summed E-state index contributed by atoms with van der Waals surface area (Å²) in [6, 6.07) is 7.84. The van der Waals surface area contributed by atoms with Crippen LogP contribution in [-0.4, -0.2) is 18.5 Å². The Bertz CT molecular complexity index is 484. The third kappa shape index (κ3) is 4.72. The van der Waals surface area contributed by atoms with Crippen LogP contribution in [-0.2, 0) is 4.79 Å². The van der Waals surface area contributed by atoms with E-state index in [1.54, 1.807) is 12.1 Å². The average molecular weight is 309 g/mol. The molecule has 2 rings (SSSR count). The van der Waals surface area contributed by atoms with Gasteiger partial charge >= 0.3 is 0 Å². The first-order valence-corrected chi connectivity index (χ1v) is 8.03. The van der Waals surface area contributed by atoms with Gasteiger partial charge in [0, 0.05) is 17.6 Å². The molecule has 0 aliphatic heterocycles. The molecule has 3 N–H and O–H groups in total. The van der Waals surface area contributed by atoms with E-state index in [1.807, 2.05) is 12.1 Å². The lowest BCUT2D eigenvalue weighted by Gasteiger charge is -2.36. The summed E-state index contributed by atoms with van der Waals surface area (Å²) in [6.45, 7) is 5.22. The molecule has 0 radical (unpaired) electrons. The van der Waals surface area contributed by atoms with Gasteiger partial charge in [-0.3, -0.25) is 4.79 Å². The second kappa shape index (κ2) is 6.80. The minimum Gasteiger partial charge on any atom is -0.369 e. The van der Waals surface area contributed by atoms with E-state index >= 15 is 0 Å². The zero-order chi connectivity index (χ0) is 15.5. The van der Waals surface area contributed by atoms with E-state index in [-0.39, 0.29) is 11.8 Å². The zero-order valence-electron chi connectivity index (χ0n) is 12.9. The van der Waals surface area contributed by atoms with Gasteiger partial charge in [-0.2, -0.15) is 0 Å². The molecule has 0 spiro atoms. The number of rotatable bonds is 5. The molecule has 2 atom stereocenters. The highest BCUT2D eigenvalue weighted by molar-refractivity contribution is 6.30. The van der Waals surface area contributed by atoms with Gasteiger partial charge in [0.2, 0.25) is 5.91 Å². The summed E-state index contributed by atoms with van der Waals surface area (Å²) in [5.41, 5.74) is 6.88. The molecule has 1 amide bonds. The first-order valence-electron chi connectivity index (χ1n) is 7.65. The summed E-state index contributed by atoms with van der Waals surface area (Å²) in [5, 5.41) is 4.21. The third-order valence-corrected chi connectivity index (χ3v) is 4.68. The van der Waals surface area contributed by atoms with Gasteiger partial charge in [-0.25, -0.2) is 0 Å². The number of carbonyl (C=O) groups excluding carboxylic acids is 1. The number of hydrogen-bond acceptors (Lipinski definition) is 2. The molecule has 1 aliphatic carbocycles. The maximum atomic E-state index is 11.7. The third-order valence-electron chi connectivity index (χ3n) is 4.43. The Balaban J connectivity index is 1.97. The van der Waals surface area contributed by atoms with E-state index in [9.17, 15) is 4.79 Å². The zero-order valence-corrected chi connectivity index (χ0v) is 13.6. The Kier molecular flexibility index (Phi) is 5.28. The fraction of sp³-hybridized carbons (Fsp3) is 0.588. The Morgan fingerprint density at radius 3 is 2.67 bits per heavy atom. The van der Waals surface area contributed by atoms with Crippen molar-refractivity contribution in [1.29, 1.82) is 0 Å². The number of benzene rings is 1. The summed E-state index contributed by atoms with van der Waals surface area (Å²) in [7, 11) is 0. The molecule has 1 unspecified atom stereocenters. The minimum absolute atomic E-state index is 0.292. The Labute approximate surface area is 132 Å². The van der Waals surface area contributed by atoms with Crippen LogP contribution in [0.25, 0.3) is 0 Å². The van der Waals surface area contributed by atoms with Crippen LogP contribution in [0.2, 0.25) is 5.02 Å². The van der Waals surface area contributed by atoms with Crippen molar-refractivity contribution >= 4 is 17.5 Å². The van der Waals surface area contributed by atoms with Crippen molar-refractivity contribution in [2.24, 2.45) is 11.1 Å². The lowest BCUT2D eigenvalue weighted by atomic mass is 9.75. The van der Waals surface area contributed by atoms with Crippen LogP contribution >= 0.6 is 11.6 Å². The molecule has 1 aromatic carbocycles. The minimum atomic E-state index is -0.299. The van der Waals surface area contributed by atoms with Gasteiger partial charge in [-0.1, -0.05) is 44.0 Å². The summed E-state index contributed by atoms with van der Waals surface area (Å²) >= 11 is 5.89. The fourth-order valence-corrected chi connectivity index (χ4v) is 3.36. The number of nitrogens with one attached hydrogen (secondary N) is 1. The van der Waals surface area contributed by atoms with E-state index < -0.39 is 0 Å². The molecule has 1 fully saturated rings. The number of nitrogens with two attached hydrogens (primary N) is 1. The highest BCUT2D eigenvalue weighted by Crippen LogP contribution is 2.35. The van der Waals surface area contributed by atoms with Gasteiger partial charge in [-0.05, 0) is 42.4 Å². The second-order valence-corrected chi connectivity index (χ2v) is 7.31. The molecule has 1 aromatic rings. The van der Waals surface area contributed by atoms with Crippen LogP contribution in [0.1, 0.15) is 51.0 Å². The molecule has 0 saturated heterocycles. The standard InChI is InChI=1S/C17H25ClN2O/c1-17(2)9-3-4-14(10-17)20-11-15(16(19)21)12-5-7-13(18)8-6-12/h5-8,14-15,20H,3-4,9-11H2,1-2H3,(H2,19,21)/t14?,15-/m1/s1. The van der Waals surface area contributed by atoms with E-state index in [1.165, 1.54) is 19.3 Å². The number of carbonyl (C=O) groups is 1. The first-order chi connectivity index (χ1) is 9.87. The van der Waals surface area contributed by atoms with E-state index in [4.69, 9.17) is 17.3 Å². The van der Waals surface area contributed by atoms with Gasteiger partial charge in [0.25, 0.3) is 0 Å². The van der Waals surface area contributed by atoms with E-state index in [0.717, 1.165) is 12.0 Å². The SMILES string of the molecule is CC1(C)CCCC(NC[C@@H](C(N)=O)c2ccc(Cl)cc2)C1. The Hall–Kier alpha value is -1.06. The number of amides is 1. The smallest absolute Gasteiger partial charge is 0.226 e. The lowest BCUT2D eigenvalue weighted by Crippen LogP contribution is -2.41. The van der Waals surface area contributed by atoms with Crippen LogP contribution in [0.5, 0.6) is 0 Å². The highest BCUT2D eigenvalue weighted by Gasteiger charge is 2.28. The van der Waals surface area contributed by atoms with Gasteiger partial charge < -0.3 is 11.1 Å². The van der Waals surface area contributed by atoms with Crippen LogP contribution in [0.3, 0.4) is 0 Å². The monoisotopic (exact) mass is 308 g/mol. The van der Waals surface area contributed by atoms with Crippen molar-refractivity contribution in [2.75, 3.05) is 6.54 Å². The predicted octanol–water partition coefficient (Wildman–Crippen LogP) is 3.47. The number of halogens is 1. The Morgan fingerprint density at radius 1 is 1.43 bits per heavy atom. The van der Waals surface area contributed by atoms with Crippen LogP contribution < -0.4 is 11.1 Å². The van der Waals surface area contributed by atoms with E-state index in [2.05, 4.69) is 19.2 Å². The maximum Gasteiger partial charge on any atom is 0.226 e. The van der Waals surface area contributed by atoms with Crippen molar-refractivity contribution in [3.8, 4) is 0 Å². The number of hydrogen-bond donors (Lipinski definition) is 2. The molecule has 4 heteroatoms. The van der Waals surface area contributed by atoms with Crippen molar-refractivity contribution < 1.29 is 4.79 Å². The molecule has 0 heterocycles. The van der Waals surface area contributed by atoms with Gasteiger partial charge in [0.1, 0.15) is 0 Å². The van der Waals surface area contributed by atoms with Gasteiger partial charge in [0.15, 0.2) is 0 Å². The van der Waals surface area contributed by atoms with Crippen LogP contribution in [0.4, 0.5) is 0 Å². The molecular weight excluding hydrogens is 284 g/mol. The largest absolute Gasteiger partial charge is 0.369 e. The number of primary amides is 1. The van der Waals surface area contributed by atoms with Crippen molar-refractivity contribution in [3.05, 3.63) is 34.9 Å². The highest BCUT2D eigenvalue weighted by atomic mass is 35.5. The predicted molar refractivity (Wildman–Crippen MR) is 87.4 cm³/mol. The van der Waals surface area contributed by atoms with Gasteiger partial charge in [0.05, 0.1) is 5.92 Å². The normalized spacial score (nSPS) is 22.7. The van der Waals surface area contributed by atoms with Gasteiger partial charge in [-0.15, -0.1) is 0 Å². The summed E-state index contributed by atoms with van der Waals surface area (Å²) < 4.78 is 0. The summed E-state index contributed by atoms with van der Waals surface area (Å²) in [5.74, 6) is -0.591. The molecule has 1 aliphatic rings. The van der Waals surface area contributed by atoms with Crippen molar-refractivity contribution in [3.63, 3.8) is 0 Å².